The fourth-order valence-electron chi connectivity index (χ4n) is 4.20. The first-order valence-corrected chi connectivity index (χ1v) is 10.6. The quantitative estimate of drug-likeness (QED) is 0.724. The summed E-state index contributed by atoms with van der Waals surface area (Å²) in [4.78, 5) is 23.8. The number of piperidine rings is 1. The van der Waals surface area contributed by atoms with E-state index in [4.69, 9.17) is 14.5 Å². The van der Waals surface area contributed by atoms with Crippen LogP contribution in [-0.4, -0.2) is 60.4 Å². The number of aryl methyl sites for hydroxylation is 1. The van der Waals surface area contributed by atoms with Gasteiger partial charge in [0.05, 0.1) is 25.5 Å². The van der Waals surface area contributed by atoms with E-state index in [-0.39, 0.29) is 11.9 Å². The van der Waals surface area contributed by atoms with E-state index in [0.717, 1.165) is 49.3 Å². The van der Waals surface area contributed by atoms with E-state index in [2.05, 4.69) is 10.3 Å². The largest absolute Gasteiger partial charge is 0.382 e. The number of rotatable bonds is 7. The van der Waals surface area contributed by atoms with Crippen molar-refractivity contribution in [3.05, 3.63) is 23.3 Å². The van der Waals surface area contributed by atoms with Crippen LogP contribution in [0.15, 0.2) is 6.20 Å². The lowest BCUT2D eigenvalue weighted by atomic mass is 9.92. The molecule has 156 valence electrons. The van der Waals surface area contributed by atoms with Crippen molar-refractivity contribution in [1.82, 2.24) is 20.2 Å². The van der Waals surface area contributed by atoms with Crippen LogP contribution < -0.4 is 5.32 Å². The first-order valence-electron chi connectivity index (χ1n) is 10.6. The average Bonchev–Trinajstić information content (AvgIpc) is 2.73. The van der Waals surface area contributed by atoms with E-state index in [1.807, 2.05) is 18.0 Å². The first-order chi connectivity index (χ1) is 13.7. The van der Waals surface area contributed by atoms with Crippen molar-refractivity contribution in [3.8, 4) is 0 Å². The van der Waals surface area contributed by atoms with Gasteiger partial charge in [-0.2, -0.15) is 0 Å². The predicted molar refractivity (Wildman–Crippen MR) is 107 cm³/mol. The number of nitrogens with one attached hydrogen (secondary N) is 1. The summed E-state index contributed by atoms with van der Waals surface area (Å²) in [5, 5.41) is 3.25. The number of methoxy groups -OCH3 is 1. The lowest BCUT2D eigenvalue weighted by Crippen LogP contribution is -2.48. The molecule has 1 atom stereocenters. The zero-order valence-corrected chi connectivity index (χ0v) is 17.3. The summed E-state index contributed by atoms with van der Waals surface area (Å²) in [5.41, 5.74) is 2.04. The van der Waals surface area contributed by atoms with E-state index in [1.54, 1.807) is 7.11 Å². The number of amides is 2. The third kappa shape index (κ3) is 5.88. The number of carbonyl (C=O) groups is 1. The van der Waals surface area contributed by atoms with Crippen LogP contribution in [0.3, 0.4) is 0 Å². The van der Waals surface area contributed by atoms with Crippen molar-refractivity contribution in [1.29, 1.82) is 0 Å². The fourth-order valence-corrected chi connectivity index (χ4v) is 4.20. The zero-order chi connectivity index (χ0) is 19.8. The van der Waals surface area contributed by atoms with Crippen LogP contribution in [0.4, 0.5) is 4.79 Å². The molecule has 7 heteroatoms. The van der Waals surface area contributed by atoms with Crippen molar-refractivity contribution in [2.75, 3.05) is 33.4 Å². The van der Waals surface area contributed by atoms with Gasteiger partial charge in [-0.05, 0) is 32.6 Å². The SMILES string of the molecule is COCCOCc1cnc(C)nc1C1CCCN(C(=O)NC2CCCCC2)C1. The lowest BCUT2D eigenvalue weighted by molar-refractivity contribution is 0.0607. The second-order valence-corrected chi connectivity index (χ2v) is 7.94. The van der Waals surface area contributed by atoms with Crippen molar-refractivity contribution in [2.24, 2.45) is 0 Å². The Morgan fingerprint density at radius 1 is 1.21 bits per heavy atom. The van der Waals surface area contributed by atoms with Crippen LogP contribution in [0.2, 0.25) is 0 Å². The molecule has 1 aromatic rings. The van der Waals surface area contributed by atoms with Crippen LogP contribution in [0, 0.1) is 6.92 Å². The standard InChI is InChI=1S/C21H34N4O3/c1-16-22-13-18(15-28-12-11-27-2)20(23-16)17-7-6-10-25(14-17)21(26)24-19-8-4-3-5-9-19/h13,17,19H,3-12,14-15H2,1-2H3,(H,24,26). The molecule has 7 nitrogen and oxygen atoms in total. The smallest absolute Gasteiger partial charge is 0.317 e. The molecule has 1 saturated carbocycles. The summed E-state index contributed by atoms with van der Waals surface area (Å²) >= 11 is 0. The van der Waals surface area contributed by atoms with Gasteiger partial charge in [0, 0.05) is 43.9 Å². The molecule has 1 aromatic heterocycles. The van der Waals surface area contributed by atoms with E-state index in [9.17, 15) is 4.79 Å². The second kappa shape index (κ2) is 10.7. The minimum atomic E-state index is 0.0836. The molecular formula is C21H34N4O3. The third-order valence-electron chi connectivity index (χ3n) is 5.74. The van der Waals surface area contributed by atoms with Gasteiger partial charge in [-0.1, -0.05) is 19.3 Å². The van der Waals surface area contributed by atoms with E-state index >= 15 is 0 Å². The summed E-state index contributed by atoms with van der Waals surface area (Å²) in [7, 11) is 1.67. The maximum Gasteiger partial charge on any atom is 0.317 e. The van der Waals surface area contributed by atoms with Crippen LogP contribution in [0.5, 0.6) is 0 Å². The Morgan fingerprint density at radius 2 is 2.04 bits per heavy atom. The second-order valence-electron chi connectivity index (χ2n) is 7.94. The van der Waals surface area contributed by atoms with Crippen molar-refractivity contribution < 1.29 is 14.3 Å². The number of carbonyl (C=O) groups excluding carboxylic acids is 1. The molecule has 2 amide bonds. The minimum absolute atomic E-state index is 0.0836. The van der Waals surface area contributed by atoms with Crippen LogP contribution in [-0.2, 0) is 16.1 Å². The molecule has 1 saturated heterocycles. The number of urea groups is 1. The molecule has 0 bridgehead atoms. The number of hydrogen-bond acceptors (Lipinski definition) is 5. The number of hydrogen-bond donors (Lipinski definition) is 1. The Bertz CT molecular complexity index is 634. The van der Waals surface area contributed by atoms with E-state index < -0.39 is 0 Å². The van der Waals surface area contributed by atoms with Crippen molar-refractivity contribution >= 4 is 6.03 Å². The summed E-state index contributed by atoms with van der Waals surface area (Å²) in [6.07, 6.45) is 9.85. The Labute approximate surface area is 168 Å². The van der Waals surface area contributed by atoms with Gasteiger partial charge in [-0.3, -0.25) is 0 Å². The monoisotopic (exact) mass is 390 g/mol. The zero-order valence-electron chi connectivity index (χ0n) is 17.3. The highest BCUT2D eigenvalue weighted by Crippen LogP contribution is 2.28. The Morgan fingerprint density at radius 3 is 2.82 bits per heavy atom. The molecular weight excluding hydrogens is 356 g/mol. The molecule has 1 aliphatic heterocycles. The number of aromatic nitrogens is 2. The van der Waals surface area contributed by atoms with Gasteiger partial charge in [0.1, 0.15) is 5.82 Å². The Balaban J connectivity index is 1.62. The first kappa shape index (κ1) is 21.0. The number of likely N-dealkylation sites (tertiary alicyclic amines) is 1. The Hall–Kier alpha value is -1.73. The van der Waals surface area contributed by atoms with Gasteiger partial charge < -0.3 is 19.7 Å². The van der Waals surface area contributed by atoms with E-state index in [1.165, 1.54) is 19.3 Å². The van der Waals surface area contributed by atoms with Crippen LogP contribution in [0.25, 0.3) is 0 Å². The minimum Gasteiger partial charge on any atom is -0.382 e. The molecule has 1 aliphatic carbocycles. The molecule has 0 radical (unpaired) electrons. The van der Waals surface area contributed by atoms with Crippen LogP contribution >= 0.6 is 0 Å². The van der Waals surface area contributed by atoms with Crippen LogP contribution in [0.1, 0.15) is 67.9 Å². The highest BCUT2D eigenvalue weighted by Gasteiger charge is 2.28. The Kier molecular flexibility index (Phi) is 8.03. The normalized spacial score (nSPS) is 20.9. The topological polar surface area (TPSA) is 76.6 Å². The third-order valence-corrected chi connectivity index (χ3v) is 5.74. The summed E-state index contributed by atoms with van der Waals surface area (Å²) in [6.45, 7) is 5.03. The van der Waals surface area contributed by atoms with Gasteiger partial charge in [-0.15, -0.1) is 0 Å². The maximum atomic E-state index is 12.8. The summed E-state index contributed by atoms with van der Waals surface area (Å²) < 4.78 is 10.7. The molecule has 28 heavy (non-hydrogen) atoms. The number of nitrogens with zero attached hydrogens (tertiary/aromatic N) is 3. The molecule has 1 N–H and O–H groups in total. The molecule has 2 fully saturated rings. The molecule has 0 spiro atoms. The number of ether oxygens (including phenoxy) is 2. The molecule has 2 heterocycles. The molecule has 1 unspecified atom stereocenters. The summed E-state index contributed by atoms with van der Waals surface area (Å²) in [6, 6.07) is 0.424. The van der Waals surface area contributed by atoms with Gasteiger partial charge in [0.15, 0.2) is 0 Å². The van der Waals surface area contributed by atoms with Gasteiger partial charge in [0.2, 0.25) is 0 Å². The summed E-state index contributed by atoms with van der Waals surface area (Å²) in [5.74, 6) is 0.994. The average molecular weight is 391 g/mol. The highest BCUT2D eigenvalue weighted by atomic mass is 16.5. The van der Waals surface area contributed by atoms with Gasteiger partial charge in [0.25, 0.3) is 0 Å². The maximum absolute atomic E-state index is 12.8. The fraction of sp³-hybridized carbons (Fsp3) is 0.762. The predicted octanol–water partition coefficient (Wildman–Crippen LogP) is 3.17. The van der Waals surface area contributed by atoms with Crippen molar-refractivity contribution in [3.63, 3.8) is 0 Å². The lowest BCUT2D eigenvalue weighted by Gasteiger charge is -2.35. The molecule has 0 aromatic carbocycles. The molecule has 3 rings (SSSR count). The van der Waals surface area contributed by atoms with Gasteiger partial charge in [-0.25, -0.2) is 14.8 Å². The van der Waals surface area contributed by atoms with Crippen molar-refractivity contribution in [2.45, 2.75) is 70.4 Å². The van der Waals surface area contributed by atoms with E-state index in [0.29, 0.717) is 32.4 Å². The molecule has 2 aliphatic rings. The highest BCUT2D eigenvalue weighted by molar-refractivity contribution is 5.74. The van der Waals surface area contributed by atoms with Gasteiger partial charge >= 0.3 is 6.03 Å².